The second-order valence-electron chi connectivity index (χ2n) is 5.94. The van der Waals surface area contributed by atoms with Crippen LogP contribution in [0.25, 0.3) is 0 Å². The fourth-order valence-electron chi connectivity index (χ4n) is 3.43. The van der Waals surface area contributed by atoms with Gasteiger partial charge in [-0.05, 0) is 44.4 Å². The van der Waals surface area contributed by atoms with Gasteiger partial charge in [-0.3, -0.25) is 0 Å². The standard InChI is InChI=1S/C13H24N2O/c16-9-12(14-11-2-3-11)5-6-15-8-10-1-4-13(15)7-10/h10-14,16H,1-9H2. The Morgan fingerprint density at radius 3 is 2.69 bits per heavy atom. The van der Waals surface area contributed by atoms with E-state index in [0.717, 1.165) is 18.4 Å². The molecule has 2 saturated carbocycles. The van der Waals surface area contributed by atoms with Crippen LogP contribution in [0, 0.1) is 5.92 Å². The van der Waals surface area contributed by atoms with Gasteiger partial charge >= 0.3 is 0 Å². The summed E-state index contributed by atoms with van der Waals surface area (Å²) in [6.07, 6.45) is 8.07. The van der Waals surface area contributed by atoms with Gasteiger partial charge < -0.3 is 15.3 Å². The van der Waals surface area contributed by atoms with Crippen LogP contribution < -0.4 is 5.32 Å². The monoisotopic (exact) mass is 224 g/mol. The molecule has 2 aliphatic carbocycles. The van der Waals surface area contributed by atoms with Gasteiger partial charge in [0.1, 0.15) is 0 Å². The fourth-order valence-corrected chi connectivity index (χ4v) is 3.43. The zero-order valence-electron chi connectivity index (χ0n) is 10.1. The Kier molecular flexibility index (Phi) is 3.18. The predicted molar refractivity (Wildman–Crippen MR) is 64.4 cm³/mol. The summed E-state index contributed by atoms with van der Waals surface area (Å²) in [7, 11) is 0. The number of piperidine rings is 1. The van der Waals surface area contributed by atoms with Crippen molar-refractivity contribution in [3.63, 3.8) is 0 Å². The highest BCUT2D eigenvalue weighted by Gasteiger charge is 2.37. The molecule has 3 rings (SSSR count). The molecule has 2 bridgehead atoms. The molecule has 3 atom stereocenters. The third-order valence-electron chi connectivity index (χ3n) is 4.56. The maximum atomic E-state index is 9.33. The van der Waals surface area contributed by atoms with Gasteiger partial charge in [0, 0.05) is 31.2 Å². The molecule has 0 aromatic rings. The third kappa shape index (κ3) is 2.41. The molecule has 3 fully saturated rings. The average molecular weight is 224 g/mol. The van der Waals surface area contributed by atoms with Crippen LogP contribution in [0.3, 0.4) is 0 Å². The van der Waals surface area contributed by atoms with E-state index in [-0.39, 0.29) is 0 Å². The first-order valence-electron chi connectivity index (χ1n) is 6.96. The molecule has 92 valence electrons. The zero-order valence-corrected chi connectivity index (χ0v) is 10.1. The molecule has 3 heteroatoms. The highest BCUT2D eigenvalue weighted by atomic mass is 16.3. The summed E-state index contributed by atoms with van der Waals surface area (Å²) in [4.78, 5) is 2.66. The minimum absolute atomic E-state index is 0.304. The second kappa shape index (κ2) is 4.63. The molecule has 3 unspecified atom stereocenters. The molecular weight excluding hydrogens is 200 g/mol. The summed E-state index contributed by atoms with van der Waals surface area (Å²) in [5.74, 6) is 0.994. The van der Waals surface area contributed by atoms with Crippen LogP contribution in [0.1, 0.15) is 38.5 Å². The summed E-state index contributed by atoms with van der Waals surface area (Å²) in [6, 6.07) is 1.93. The van der Waals surface area contributed by atoms with Crippen molar-refractivity contribution >= 4 is 0 Å². The lowest BCUT2D eigenvalue weighted by molar-refractivity contribution is 0.179. The zero-order chi connectivity index (χ0) is 11.0. The summed E-state index contributed by atoms with van der Waals surface area (Å²) in [5.41, 5.74) is 0. The molecule has 16 heavy (non-hydrogen) atoms. The lowest BCUT2D eigenvalue weighted by atomic mass is 10.1. The number of hydrogen-bond donors (Lipinski definition) is 2. The average Bonchev–Trinajstić information content (AvgIpc) is 2.88. The van der Waals surface area contributed by atoms with Gasteiger partial charge in [-0.15, -0.1) is 0 Å². The number of aliphatic hydroxyl groups is 1. The molecule has 0 aromatic heterocycles. The van der Waals surface area contributed by atoms with Gasteiger partial charge in [0.2, 0.25) is 0 Å². The summed E-state index contributed by atoms with van der Waals surface area (Å²) < 4.78 is 0. The molecule has 0 aromatic carbocycles. The third-order valence-corrected chi connectivity index (χ3v) is 4.56. The molecule has 0 amide bonds. The highest BCUT2D eigenvalue weighted by Crippen LogP contribution is 2.37. The maximum Gasteiger partial charge on any atom is 0.0585 e. The van der Waals surface area contributed by atoms with Crippen molar-refractivity contribution in [1.82, 2.24) is 10.2 Å². The predicted octanol–water partition coefficient (Wildman–Crippen LogP) is 0.974. The molecule has 1 saturated heterocycles. The minimum atomic E-state index is 0.304. The number of hydrogen-bond acceptors (Lipinski definition) is 3. The van der Waals surface area contributed by atoms with E-state index in [9.17, 15) is 5.11 Å². The van der Waals surface area contributed by atoms with Crippen molar-refractivity contribution in [2.24, 2.45) is 5.92 Å². The molecule has 3 aliphatic rings. The first kappa shape index (κ1) is 11.0. The summed E-state index contributed by atoms with van der Waals surface area (Å²) in [5, 5.41) is 12.9. The van der Waals surface area contributed by atoms with Crippen LogP contribution in [0.5, 0.6) is 0 Å². The maximum absolute atomic E-state index is 9.33. The van der Waals surface area contributed by atoms with E-state index in [1.54, 1.807) is 0 Å². The SMILES string of the molecule is OCC(CCN1CC2CCC1C2)NC1CC1. The second-order valence-corrected chi connectivity index (χ2v) is 5.94. The molecule has 0 spiro atoms. The van der Waals surface area contributed by atoms with E-state index in [0.29, 0.717) is 18.7 Å². The van der Waals surface area contributed by atoms with Gasteiger partial charge in [-0.1, -0.05) is 0 Å². The number of aliphatic hydroxyl groups excluding tert-OH is 1. The van der Waals surface area contributed by atoms with E-state index >= 15 is 0 Å². The Hall–Kier alpha value is -0.120. The normalized spacial score (nSPS) is 35.8. The molecule has 1 aliphatic heterocycles. The fraction of sp³-hybridized carbons (Fsp3) is 1.00. The number of likely N-dealkylation sites (tertiary alicyclic amines) is 1. The number of nitrogens with zero attached hydrogens (tertiary/aromatic N) is 1. The lowest BCUT2D eigenvalue weighted by Gasteiger charge is -2.28. The smallest absolute Gasteiger partial charge is 0.0585 e. The van der Waals surface area contributed by atoms with E-state index in [4.69, 9.17) is 0 Å². The molecule has 0 radical (unpaired) electrons. The van der Waals surface area contributed by atoms with Crippen molar-refractivity contribution in [2.75, 3.05) is 19.7 Å². The Morgan fingerprint density at radius 1 is 1.25 bits per heavy atom. The minimum Gasteiger partial charge on any atom is -0.395 e. The van der Waals surface area contributed by atoms with Gasteiger partial charge in [0.15, 0.2) is 0 Å². The van der Waals surface area contributed by atoms with Crippen LogP contribution in [-0.2, 0) is 0 Å². The first-order valence-corrected chi connectivity index (χ1v) is 6.96. The molecule has 3 nitrogen and oxygen atoms in total. The summed E-state index contributed by atoms with van der Waals surface area (Å²) >= 11 is 0. The van der Waals surface area contributed by atoms with Crippen LogP contribution in [0.2, 0.25) is 0 Å². The van der Waals surface area contributed by atoms with Crippen LogP contribution in [0.4, 0.5) is 0 Å². The van der Waals surface area contributed by atoms with Gasteiger partial charge in [-0.2, -0.15) is 0 Å². The van der Waals surface area contributed by atoms with E-state index in [2.05, 4.69) is 10.2 Å². The topological polar surface area (TPSA) is 35.5 Å². The van der Waals surface area contributed by atoms with Gasteiger partial charge in [-0.25, -0.2) is 0 Å². The largest absolute Gasteiger partial charge is 0.395 e. The molecule has 2 N–H and O–H groups in total. The Balaban J connectivity index is 1.40. The van der Waals surface area contributed by atoms with Gasteiger partial charge in [0.25, 0.3) is 0 Å². The Bertz CT molecular complexity index is 242. The van der Waals surface area contributed by atoms with Crippen molar-refractivity contribution in [3.8, 4) is 0 Å². The first-order chi connectivity index (χ1) is 7.85. The number of nitrogens with one attached hydrogen (secondary N) is 1. The lowest BCUT2D eigenvalue weighted by Crippen LogP contribution is -2.40. The van der Waals surface area contributed by atoms with Crippen LogP contribution in [0.15, 0.2) is 0 Å². The van der Waals surface area contributed by atoms with Crippen molar-refractivity contribution < 1.29 is 5.11 Å². The Labute approximate surface area is 98.2 Å². The van der Waals surface area contributed by atoms with E-state index < -0.39 is 0 Å². The molecule has 1 heterocycles. The number of rotatable bonds is 6. The quantitative estimate of drug-likeness (QED) is 0.706. The van der Waals surface area contributed by atoms with Crippen molar-refractivity contribution in [3.05, 3.63) is 0 Å². The van der Waals surface area contributed by atoms with E-state index in [1.807, 2.05) is 0 Å². The summed E-state index contributed by atoms with van der Waals surface area (Å²) in [6.45, 7) is 2.82. The highest BCUT2D eigenvalue weighted by molar-refractivity contribution is 4.93. The number of fused-ring (bicyclic) bond motifs is 2. The van der Waals surface area contributed by atoms with Crippen LogP contribution in [-0.4, -0.2) is 47.8 Å². The Morgan fingerprint density at radius 2 is 2.12 bits per heavy atom. The molecular formula is C13H24N2O. The van der Waals surface area contributed by atoms with Gasteiger partial charge in [0.05, 0.1) is 6.61 Å². The van der Waals surface area contributed by atoms with Crippen LogP contribution >= 0.6 is 0 Å². The van der Waals surface area contributed by atoms with E-state index in [1.165, 1.54) is 45.2 Å². The van der Waals surface area contributed by atoms with Crippen molar-refractivity contribution in [2.45, 2.75) is 56.7 Å². The van der Waals surface area contributed by atoms with Crippen molar-refractivity contribution in [1.29, 1.82) is 0 Å².